The summed E-state index contributed by atoms with van der Waals surface area (Å²) in [5, 5.41) is 3.85. The smallest absolute Gasteiger partial charge is 0.232 e. The van der Waals surface area contributed by atoms with Crippen molar-refractivity contribution < 1.29 is 4.79 Å². The second kappa shape index (κ2) is 7.30. The normalized spacial score (nSPS) is 16.8. The molecule has 1 spiro atoms. The van der Waals surface area contributed by atoms with E-state index in [0.29, 0.717) is 5.75 Å². The molecule has 2 aromatic carbocycles. The molecule has 5 rings (SSSR count). The van der Waals surface area contributed by atoms with Crippen LogP contribution < -0.4 is 5.32 Å². The van der Waals surface area contributed by atoms with Crippen molar-refractivity contribution in [3.8, 4) is 5.69 Å². The summed E-state index contributed by atoms with van der Waals surface area (Å²) in [6, 6.07) is 21.1. The Kier molecular flexibility index (Phi) is 4.63. The standard InChI is InChI=1S/C24H25N3OS/c1-18-9-10-21-20(16-18)25-24(22-8-5-13-27(21)22)11-14-26(15-12-24)23(28)17-29-19-6-3-2-4-7-19/h2-10,13,16,25H,11-12,14-15,17H2,1H3. The number of carbonyl (C=O) groups excluding carboxylic acids is 1. The van der Waals surface area contributed by atoms with Crippen LogP contribution in [0, 0.1) is 6.92 Å². The second-order valence-corrected chi connectivity index (χ2v) is 9.02. The number of aryl methyl sites for hydroxylation is 1. The Labute approximate surface area is 175 Å². The van der Waals surface area contributed by atoms with E-state index in [2.05, 4.69) is 65.5 Å². The molecular weight excluding hydrogens is 378 g/mol. The van der Waals surface area contributed by atoms with Gasteiger partial charge in [-0.25, -0.2) is 0 Å². The summed E-state index contributed by atoms with van der Waals surface area (Å²) in [6.07, 6.45) is 4.00. The van der Waals surface area contributed by atoms with Crippen LogP contribution in [0.4, 0.5) is 5.69 Å². The number of carbonyl (C=O) groups is 1. The maximum atomic E-state index is 12.8. The van der Waals surface area contributed by atoms with Crippen molar-refractivity contribution in [1.29, 1.82) is 0 Å². The number of hydrogen-bond acceptors (Lipinski definition) is 3. The molecule has 1 fully saturated rings. The fourth-order valence-electron chi connectivity index (χ4n) is 4.53. The number of fused-ring (bicyclic) bond motifs is 4. The fourth-order valence-corrected chi connectivity index (χ4v) is 5.36. The van der Waals surface area contributed by atoms with Gasteiger partial charge >= 0.3 is 0 Å². The zero-order valence-electron chi connectivity index (χ0n) is 16.6. The molecule has 1 saturated heterocycles. The van der Waals surface area contributed by atoms with Crippen LogP contribution in [-0.4, -0.2) is 34.2 Å². The third-order valence-electron chi connectivity index (χ3n) is 6.10. The molecule has 1 amide bonds. The topological polar surface area (TPSA) is 37.3 Å². The zero-order chi connectivity index (χ0) is 19.8. The number of hydrogen-bond donors (Lipinski definition) is 1. The third-order valence-corrected chi connectivity index (χ3v) is 7.10. The van der Waals surface area contributed by atoms with E-state index >= 15 is 0 Å². The number of aromatic nitrogens is 1. The number of nitrogens with one attached hydrogen (secondary N) is 1. The van der Waals surface area contributed by atoms with Crippen molar-refractivity contribution in [2.45, 2.75) is 30.2 Å². The van der Waals surface area contributed by atoms with Gasteiger partial charge in [-0.05, 0) is 61.7 Å². The molecule has 0 radical (unpaired) electrons. The monoisotopic (exact) mass is 403 g/mol. The molecule has 3 heterocycles. The molecule has 4 nitrogen and oxygen atoms in total. The molecular formula is C24H25N3OS. The van der Waals surface area contributed by atoms with Gasteiger partial charge in [-0.3, -0.25) is 4.79 Å². The van der Waals surface area contributed by atoms with Gasteiger partial charge in [-0.2, -0.15) is 0 Å². The molecule has 0 aliphatic carbocycles. The van der Waals surface area contributed by atoms with Crippen molar-refractivity contribution in [2.24, 2.45) is 0 Å². The van der Waals surface area contributed by atoms with Gasteiger partial charge in [-0.15, -0.1) is 11.8 Å². The highest BCUT2D eigenvalue weighted by molar-refractivity contribution is 8.00. The van der Waals surface area contributed by atoms with E-state index in [4.69, 9.17) is 0 Å². The molecule has 1 N–H and O–H groups in total. The molecule has 0 saturated carbocycles. The van der Waals surface area contributed by atoms with Crippen LogP contribution in [0.25, 0.3) is 5.69 Å². The van der Waals surface area contributed by atoms with E-state index in [9.17, 15) is 4.79 Å². The fraction of sp³-hybridized carbons (Fsp3) is 0.292. The summed E-state index contributed by atoms with van der Waals surface area (Å²) in [6.45, 7) is 3.70. The number of piperidine rings is 1. The summed E-state index contributed by atoms with van der Waals surface area (Å²) < 4.78 is 2.31. The van der Waals surface area contributed by atoms with Crippen molar-refractivity contribution in [3.05, 3.63) is 78.1 Å². The molecule has 5 heteroatoms. The molecule has 29 heavy (non-hydrogen) atoms. The molecule has 3 aromatic rings. The molecule has 1 aromatic heterocycles. The van der Waals surface area contributed by atoms with Crippen molar-refractivity contribution >= 4 is 23.4 Å². The van der Waals surface area contributed by atoms with Crippen LogP contribution >= 0.6 is 11.8 Å². The van der Waals surface area contributed by atoms with Crippen LogP contribution in [0.2, 0.25) is 0 Å². The lowest BCUT2D eigenvalue weighted by Crippen LogP contribution is -2.51. The number of amides is 1. The van der Waals surface area contributed by atoms with Gasteiger partial charge in [-0.1, -0.05) is 24.3 Å². The average molecular weight is 404 g/mol. The summed E-state index contributed by atoms with van der Waals surface area (Å²) in [5.74, 6) is 0.735. The van der Waals surface area contributed by atoms with Crippen LogP contribution in [0.5, 0.6) is 0 Å². The Balaban J connectivity index is 1.30. The third kappa shape index (κ3) is 3.33. The van der Waals surface area contributed by atoms with E-state index in [1.54, 1.807) is 11.8 Å². The first kappa shape index (κ1) is 18.4. The molecule has 148 valence electrons. The molecule has 2 aliphatic heterocycles. The average Bonchev–Trinajstić information content (AvgIpc) is 3.24. The maximum absolute atomic E-state index is 12.8. The van der Waals surface area contributed by atoms with Gasteiger partial charge in [0.2, 0.25) is 5.91 Å². The predicted molar refractivity (Wildman–Crippen MR) is 119 cm³/mol. The van der Waals surface area contributed by atoms with E-state index in [1.807, 2.05) is 23.1 Å². The van der Waals surface area contributed by atoms with Crippen LogP contribution in [-0.2, 0) is 10.3 Å². The second-order valence-electron chi connectivity index (χ2n) is 7.97. The minimum absolute atomic E-state index is 0.104. The Morgan fingerprint density at radius 3 is 2.66 bits per heavy atom. The van der Waals surface area contributed by atoms with Crippen molar-refractivity contribution in [3.63, 3.8) is 0 Å². The van der Waals surface area contributed by atoms with Gasteiger partial charge in [0.1, 0.15) is 0 Å². The lowest BCUT2D eigenvalue weighted by atomic mass is 9.82. The quantitative estimate of drug-likeness (QED) is 0.637. The maximum Gasteiger partial charge on any atom is 0.232 e. The molecule has 2 aliphatic rings. The predicted octanol–water partition coefficient (Wildman–Crippen LogP) is 4.82. The first-order chi connectivity index (χ1) is 14.1. The Morgan fingerprint density at radius 1 is 1.07 bits per heavy atom. The first-order valence-corrected chi connectivity index (χ1v) is 11.2. The van der Waals surface area contributed by atoms with Gasteiger partial charge in [0, 0.05) is 29.9 Å². The number of nitrogens with zero attached hydrogens (tertiary/aromatic N) is 2. The van der Waals surface area contributed by atoms with Crippen LogP contribution in [0.15, 0.2) is 71.8 Å². The Morgan fingerprint density at radius 2 is 1.86 bits per heavy atom. The summed E-state index contributed by atoms with van der Waals surface area (Å²) in [7, 11) is 0. The van der Waals surface area contributed by atoms with Crippen molar-refractivity contribution in [2.75, 3.05) is 24.2 Å². The highest BCUT2D eigenvalue weighted by Crippen LogP contribution is 2.43. The van der Waals surface area contributed by atoms with Gasteiger partial charge in [0.25, 0.3) is 0 Å². The molecule has 0 bridgehead atoms. The van der Waals surface area contributed by atoms with E-state index in [-0.39, 0.29) is 11.4 Å². The summed E-state index contributed by atoms with van der Waals surface area (Å²) in [5.41, 5.74) is 4.85. The van der Waals surface area contributed by atoms with E-state index in [1.165, 1.54) is 22.6 Å². The number of anilines is 1. The number of benzene rings is 2. The summed E-state index contributed by atoms with van der Waals surface area (Å²) >= 11 is 1.62. The van der Waals surface area contributed by atoms with Gasteiger partial charge < -0.3 is 14.8 Å². The van der Waals surface area contributed by atoms with Crippen LogP contribution in [0.1, 0.15) is 24.1 Å². The van der Waals surface area contributed by atoms with E-state index in [0.717, 1.165) is 30.8 Å². The largest absolute Gasteiger partial charge is 0.372 e. The first-order valence-electron chi connectivity index (χ1n) is 10.2. The number of rotatable bonds is 3. The Hall–Kier alpha value is -2.66. The Bertz CT molecular complexity index is 1040. The summed E-state index contributed by atoms with van der Waals surface area (Å²) in [4.78, 5) is 15.9. The minimum atomic E-state index is -0.104. The zero-order valence-corrected chi connectivity index (χ0v) is 17.4. The SMILES string of the molecule is Cc1ccc2c(c1)NC1(CCN(C(=O)CSc3ccccc3)CC1)c1cccn1-2. The number of thioether (sulfide) groups is 1. The van der Waals surface area contributed by atoms with E-state index < -0.39 is 0 Å². The lowest BCUT2D eigenvalue weighted by Gasteiger charge is -2.46. The number of likely N-dealkylation sites (tertiary alicyclic amines) is 1. The molecule has 0 unspecified atom stereocenters. The highest BCUT2D eigenvalue weighted by atomic mass is 32.2. The van der Waals surface area contributed by atoms with Gasteiger partial charge in [0.15, 0.2) is 0 Å². The van der Waals surface area contributed by atoms with Crippen LogP contribution in [0.3, 0.4) is 0 Å². The highest BCUT2D eigenvalue weighted by Gasteiger charge is 2.42. The lowest BCUT2D eigenvalue weighted by molar-refractivity contribution is -0.129. The molecule has 0 atom stereocenters. The van der Waals surface area contributed by atoms with Crippen molar-refractivity contribution in [1.82, 2.24) is 9.47 Å². The minimum Gasteiger partial charge on any atom is -0.372 e. The van der Waals surface area contributed by atoms with Gasteiger partial charge in [0.05, 0.1) is 22.7 Å².